The lowest BCUT2D eigenvalue weighted by molar-refractivity contribution is -0.154. The van der Waals surface area contributed by atoms with Gasteiger partial charge in [-0.25, -0.2) is 4.98 Å². The predicted octanol–water partition coefficient (Wildman–Crippen LogP) is 2.35. The van der Waals surface area contributed by atoms with Crippen molar-refractivity contribution in [2.24, 2.45) is 0 Å². The number of carbonyl (C=O) groups excluding carboxylic acids is 1. The van der Waals surface area contributed by atoms with Crippen LogP contribution in [0.2, 0.25) is 0 Å². The molecule has 1 heterocycles. The van der Waals surface area contributed by atoms with Crippen LogP contribution in [0, 0.1) is 0 Å². The highest BCUT2D eigenvalue weighted by molar-refractivity contribution is 5.92. The number of hydrogen-bond acceptors (Lipinski definition) is 4. The normalized spacial score (nSPS) is 12.8. The van der Waals surface area contributed by atoms with Gasteiger partial charge in [-0.05, 0) is 19.4 Å². The molecule has 0 saturated heterocycles. The summed E-state index contributed by atoms with van der Waals surface area (Å²) in [4.78, 5) is 15.3. The van der Waals surface area contributed by atoms with Crippen molar-refractivity contribution in [3.05, 3.63) is 18.3 Å². The Balaban J connectivity index is 2.42. The summed E-state index contributed by atoms with van der Waals surface area (Å²) < 4.78 is 40.3. The van der Waals surface area contributed by atoms with Gasteiger partial charge in [0, 0.05) is 12.1 Å². The maximum atomic E-state index is 12.0. The minimum Gasteiger partial charge on any atom is -0.468 e. The van der Waals surface area contributed by atoms with Crippen molar-refractivity contribution < 1.29 is 22.7 Å². The van der Waals surface area contributed by atoms with Gasteiger partial charge in [-0.3, -0.25) is 4.79 Å². The smallest absolute Gasteiger partial charge is 0.422 e. The van der Waals surface area contributed by atoms with Gasteiger partial charge in [-0.2, -0.15) is 13.2 Å². The summed E-state index contributed by atoms with van der Waals surface area (Å²) in [5.74, 6) is -0.399. The molecule has 5 nitrogen and oxygen atoms in total. The number of rotatable bonds is 7. The second kappa shape index (κ2) is 7.82. The Labute approximate surface area is 120 Å². The van der Waals surface area contributed by atoms with Gasteiger partial charge in [0.15, 0.2) is 6.61 Å². The number of alkyl halides is 3. The van der Waals surface area contributed by atoms with Crippen molar-refractivity contribution in [1.82, 2.24) is 10.3 Å². The van der Waals surface area contributed by atoms with Crippen LogP contribution in [0.1, 0.15) is 20.3 Å². The molecule has 0 spiro atoms. The van der Waals surface area contributed by atoms with E-state index < -0.39 is 12.8 Å². The topological polar surface area (TPSA) is 63.2 Å². The molecule has 1 aromatic rings. The van der Waals surface area contributed by atoms with Crippen LogP contribution in [0.3, 0.4) is 0 Å². The number of aromatic nitrogens is 1. The molecule has 1 rings (SSSR count). The maximum absolute atomic E-state index is 12.0. The first-order valence-electron chi connectivity index (χ1n) is 6.49. The maximum Gasteiger partial charge on any atom is 0.422 e. The van der Waals surface area contributed by atoms with E-state index >= 15 is 0 Å². The number of hydrogen-bond donors (Lipinski definition) is 2. The Morgan fingerprint density at radius 2 is 2.14 bits per heavy atom. The number of nitrogens with zero attached hydrogens (tertiary/aromatic N) is 1. The van der Waals surface area contributed by atoms with Crippen molar-refractivity contribution >= 4 is 11.6 Å². The first-order valence-corrected chi connectivity index (χ1v) is 6.49. The number of amides is 1. The Morgan fingerprint density at radius 1 is 1.43 bits per heavy atom. The molecule has 21 heavy (non-hydrogen) atoms. The molecule has 1 aromatic heterocycles. The average molecular weight is 305 g/mol. The largest absolute Gasteiger partial charge is 0.468 e. The fourth-order valence-electron chi connectivity index (χ4n) is 1.31. The third-order valence-electron chi connectivity index (χ3n) is 2.63. The van der Waals surface area contributed by atoms with E-state index in [1.807, 2.05) is 13.8 Å². The van der Waals surface area contributed by atoms with E-state index in [4.69, 9.17) is 0 Å². The predicted molar refractivity (Wildman–Crippen MR) is 72.2 cm³/mol. The fraction of sp³-hybridized carbons (Fsp3) is 0.538. The molecule has 0 aromatic carbocycles. The van der Waals surface area contributed by atoms with Crippen LogP contribution in [-0.2, 0) is 4.79 Å². The van der Waals surface area contributed by atoms with Crippen LogP contribution >= 0.6 is 0 Å². The third-order valence-corrected chi connectivity index (χ3v) is 2.63. The molecular weight excluding hydrogens is 287 g/mol. The number of ether oxygens (including phenoxy) is 1. The molecule has 0 aliphatic carbocycles. The third kappa shape index (κ3) is 7.50. The van der Waals surface area contributed by atoms with Crippen molar-refractivity contribution in [2.45, 2.75) is 32.5 Å². The summed E-state index contributed by atoms with van der Waals surface area (Å²) in [6.07, 6.45) is -2.26. The van der Waals surface area contributed by atoms with Crippen LogP contribution in [0.4, 0.5) is 18.9 Å². The average Bonchev–Trinajstić information content (AvgIpc) is 2.43. The SMILES string of the molecule is CCC(C)NCC(=O)Nc1ccc(OCC(F)(F)F)nc1. The summed E-state index contributed by atoms with van der Waals surface area (Å²) in [5.41, 5.74) is 0.394. The minimum atomic E-state index is -4.41. The van der Waals surface area contributed by atoms with E-state index in [-0.39, 0.29) is 24.4 Å². The van der Waals surface area contributed by atoms with Gasteiger partial charge in [0.05, 0.1) is 18.4 Å². The molecule has 8 heteroatoms. The summed E-state index contributed by atoms with van der Waals surface area (Å²) >= 11 is 0. The Bertz CT molecular complexity index is 449. The number of anilines is 1. The van der Waals surface area contributed by atoms with Gasteiger partial charge in [0.2, 0.25) is 11.8 Å². The highest BCUT2D eigenvalue weighted by Crippen LogP contribution is 2.17. The Hall–Kier alpha value is -1.83. The molecular formula is C13H18F3N3O2. The Morgan fingerprint density at radius 3 is 2.67 bits per heavy atom. The van der Waals surface area contributed by atoms with Crippen molar-refractivity contribution in [3.63, 3.8) is 0 Å². The fourth-order valence-corrected chi connectivity index (χ4v) is 1.31. The van der Waals surface area contributed by atoms with E-state index in [0.29, 0.717) is 5.69 Å². The molecule has 0 aliphatic heterocycles. The molecule has 1 unspecified atom stereocenters. The van der Waals surface area contributed by atoms with Gasteiger partial charge >= 0.3 is 6.18 Å². The molecule has 0 bridgehead atoms. The lowest BCUT2D eigenvalue weighted by Crippen LogP contribution is -2.33. The van der Waals surface area contributed by atoms with Gasteiger partial charge in [0.25, 0.3) is 0 Å². The summed E-state index contributed by atoms with van der Waals surface area (Å²) in [7, 11) is 0. The van der Waals surface area contributed by atoms with Crippen LogP contribution in [0.25, 0.3) is 0 Å². The molecule has 1 atom stereocenters. The molecule has 0 radical (unpaired) electrons. The molecule has 118 valence electrons. The van der Waals surface area contributed by atoms with Crippen LogP contribution in [-0.4, -0.2) is 36.3 Å². The minimum absolute atomic E-state index is 0.150. The zero-order chi connectivity index (χ0) is 15.9. The summed E-state index contributed by atoms with van der Waals surface area (Å²) in [6.45, 7) is 2.71. The highest BCUT2D eigenvalue weighted by atomic mass is 19.4. The number of nitrogens with one attached hydrogen (secondary N) is 2. The number of carbonyl (C=O) groups is 1. The Kier molecular flexibility index (Phi) is 6.41. The number of pyridine rings is 1. The second-order valence-electron chi connectivity index (χ2n) is 4.53. The van der Waals surface area contributed by atoms with E-state index in [2.05, 4.69) is 20.4 Å². The molecule has 0 aliphatic rings. The standard InChI is InChI=1S/C13H18F3N3O2/c1-3-9(2)17-7-11(20)19-10-4-5-12(18-6-10)21-8-13(14,15)16/h4-6,9,17H,3,7-8H2,1-2H3,(H,19,20). The van der Waals surface area contributed by atoms with Gasteiger partial charge < -0.3 is 15.4 Å². The lowest BCUT2D eigenvalue weighted by atomic mass is 10.2. The zero-order valence-electron chi connectivity index (χ0n) is 11.8. The number of halogens is 3. The first kappa shape index (κ1) is 17.2. The molecule has 1 amide bonds. The van der Waals surface area contributed by atoms with Crippen molar-refractivity contribution in [1.29, 1.82) is 0 Å². The lowest BCUT2D eigenvalue weighted by Gasteiger charge is -2.11. The van der Waals surface area contributed by atoms with Gasteiger partial charge in [-0.1, -0.05) is 6.92 Å². The monoisotopic (exact) mass is 305 g/mol. The molecule has 2 N–H and O–H groups in total. The van der Waals surface area contributed by atoms with E-state index in [1.54, 1.807) is 0 Å². The van der Waals surface area contributed by atoms with Crippen LogP contribution < -0.4 is 15.4 Å². The van der Waals surface area contributed by atoms with Crippen LogP contribution in [0.5, 0.6) is 5.88 Å². The van der Waals surface area contributed by atoms with Crippen molar-refractivity contribution in [3.8, 4) is 5.88 Å². The van der Waals surface area contributed by atoms with E-state index in [0.717, 1.165) is 6.42 Å². The highest BCUT2D eigenvalue weighted by Gasteiger charge is 2.28. The van der Waals surface area contributed by atoms with E-state index in [1.165, 1.54) is 18.3 Å². The van der Waals surface area contributed by atoms with Gasteiger partial charge in [-0.15, -0.1) is 0 Å². The zero-order valence-corrected chi connectivity index (χ0v) is 11.8. The molecule has 0 saturated carbocycles. The summed E-state index contributed by atoms with van der Waals surface area (Å²) in [5, 5.41) is 5.60. The quantitative estimate of drug-likeness (QED) is 0.811. The van der Waals surface area contributed by atoms with E-state index in [9.17, 15) is 18.0 Å². The first-order chi connectivity index (χ1) is 9.80. The van der Waals surface area contributed by atoms with Crippen molar-refractivity contribution in [2.75, 3.05) is 18.5 Å². The second-order valence-corrected chi connectivity index (χ2v) is 4.53. The summed E-state index contributed by atoms with van der Waals surface area (Å²) in [6, 6.07) is 2.93. The van der Waals surface area contributed by atoms with Crippen LogP contribution in [0.15, 0.2) is 18.3 Å². The molecule has 0 fully saturated rings. The van der Waals surface area contributed by atoms with Gasteiger partial charge in [0.1, 0.15) is 0 Å².